The summed E-state index contributed by atoms with van der Waals surface area (Å²) >= 11 is 0. The molecule has 0 amide bonds. The molecule has 0 radical (unpaired) electrons. The Bertz CT molecular complexity index is 2400. The van der Waals surface area contributed by atoms with Crippen molar-refractivity contribution in [1.82, 2.24) is 25.2 Å². The molecule has 0 bridgehead atoms. The quantitative estimate of drug-likeness (QED) is 0.114. The number of aliphatic hydroxyl groups is 1. The lowest BCUT2D eigenvalue weighted by Gasteiger charge is -2.17. The van der Waals surface area contributed by atoms with E-state index < -0.39 is 5.97 Å². The van der Waals surface area contributed by atoms with Crippen LogP contribution in [0.4, 0.5) is 11.5 Å². The zero-order valence-electron chi connectivity index (χ0n) is 29.8. The molecule has 0 unspecified atom stereocenters. The number of nitrogens with zero attached hydrogens (tertiary/aromatic N) is 5. The molecule has 11 nitrogen and oxygen atoms in total. The lowest BCUT2D eigenvalue weighted by atomic mass is 9.93. The minimum Gasteiger partial charge on any atom is -0.481 e. The minimum absolute atomic E-state index is 0.127. The van der Waals surface area contributed by atoms with Gasteiger partial charge in [-0.25, -0.2) is 9.97 Å². The second-order valence-corrected chi connectivity index (χ2v) is 14.4. The molecule has 6 aromatic rings. The lowest BCUT2D eigenvalue weighted by Crippen LogP contribution is -2.26. The van der Waals surface area contributed by atoms with Gasteiger partial charge in [0.1, 0.15) is 17.1 Å². The van der Waals surface area contributed by atoms with E-state index in [2.05, 4.69) is 58.6 Å². The zero-order valence-corrected chi connectivity index (χ0v) is 29.8. The highest BCUT2D eigenvalue weighted by molar-refractivity contribution is 5.91. The smallest absolute Gasteiger partial charge is 0.306 e. The number of fused-ring (bicyclic) bond motifs is 2. The molecule has 11 heteroatoms. The highest BCUT2D eigenvalue weighted by atomic mass is 16.4. The third kappa shape index (κ3) is 6.97. The Hall–Kier alpha value is -5.67. The van der Waals surface area contributed by atoms with Crippen molar-refractivity contribution in [3.8, 4) is 28.7 Å². The fourth-order valence-corrected chi connectivity index (χ4v) is 7.89. The van der Waals surface area contributed by atoms with Gasteiger partial charge in [0, 0.05) is 61.3 Å². The van der Waals surface area contributed by atoms with Crippen LogP contribution in [0.1, 0.15) is 53.5 Å². The molecule has 4 heterocycles. The third-order valence-electron chi connectivity index (χ3n) is 10.8. The van der Waals surface area contributed by atoms with Gasteiger partial charge in [-0.05, 0) is 109 Å². The van der Waals surface area contributed by atoms with Gasteiger partial charge in [-0.2, -0.15) is 5.26 Å². The second kappa shape index (κ2) is 14.4. The maximum Gasteiger partial charge on any atom is 0.306 e. The second-order valence-electron chi connectivity index (χ2n) is 14.4. The number of rotatable bonds is 10. The fraction of sp³-hybridized carbons (Fsp3) is 0.310. The highest BCUT2D eigenvalue weighted by Gasteiger charge is 2.29. The molecule has 1 saturated heterocycles. The average Bonchev–Trinajstić information content (AvgIpc) is 3.92. The van der Waals surface area contributed by atoms with E-state index in [0.29, 0.717) is 54.3 Å². The number of hydrogen-bond donors (Lipinski definition) is 4. The summed E-state index contributed by atoms with van der Waals surface area (Å²) in [7, 11) is 0. The normalized spacial score (nSPS) is 18.9. The van der Waals surface area contributed by atoms with E-state index in [1.807, 2.05) is 48.7 Å². The number of likely N-dealkylation sites (tertiary alicyclic amines) is 1. The first-order valence-electron chi connectivity index (χ1n) is 18.1. The van der Waals surface area contributed by atoms with Crippen LogP contribution in [0.5, 0.6) is 0 Å². The van der Waals surface area contributed by atoms with Crippen molar-refractivity contribution in [1.29, 1.82) is 5.26 Å². The molecule has 2 fully saturated rings. The average molecular weight is 708 g/mol. The minimum atomic E-state index is -0.738. The standard InChI is InChI=1S/C42H41N7O4/c1-24-33(5-3-7-35(24)41-48-37-17-26(15-30(19-43)39(37)53-41)20-45-31-10-9-29(18-31)42(51)52)34-6-4-8-36(25(34)2)47-40-38-28(11-13-44-40)16-27(21-46-38)22-49-14-12-32(50)23-49/h3-8,11,13,15-17,21,29,31-32,45,50H,9-10,12,14,18,20,22-23H2,1-2H3,(H,44,47)(H,51,52)/t29-,31-,32+/m0/s1. The summed E-state index contributed by atoms with van der Waals surface area (Å²) in [5, 5.41) is 37.3. The number of aliphatic carboxylic acids is 1. The van der Waals surface area contributed by atoms with E-state index in [-0.39, 0.29) is 18.1 Å². The number of nitrogens with one attached hydrogen (secondary N) is 2. The van der Waals surface area contributed by atoms with Crippen LogP contribution in [0.25, 0.3) is 44.6 Å². The van der Waals surface area contributed by atoms with Gasteiger partial charge in [0.05, 0.1) is 17.6 Å². The van der Waals surface area contributed by atoms with Crippen LogP contribution in [0.3, 0.4) is 0 Å². The molecule has 268 valence electrons. The Labute approximate surface area is 307 Å². The van der Waals surface area contributed by atoms with Crippen LogP contribution in [0.2, 0.25) is 0 Å². The van der Waals surface area contributed by atoms with E-state index >= 15 is 0 Å². The number of benzene rings is 3. The maximum atomic E-state index is 11.4. The van der Waals surface area contributed by atoms with Gasteiger partial charge >= 0.3 is 5.97 Å². The van der Waals surface area contributed by atoms with Crippen LogP contribution in [0, 0.1) is 31.1 Å². The van der Waals surface area contributed by atoms with Crippen LogP contribution in [0.15, 0.2) is 77.5 Å². The Morgan fingerprint density at radius 1 is 1.00 bits per heavy atom. The predicted molar refractivity (Wildman–Crippen MR) is 203 cm³/mol. The summed E-state index contributed by atoms with van der Waals surface area (Å²) in [5.41, 5.74) is 10.2. The zero-order chi connectivity index (χ0) is 36.6. The number of β-amino-alcohol motifs (C(OH)–C–C–N with tert-alkyl or cyclic N) is 1. The highest BCUT2D eigenvalue weighted by Crippen LogP contribution is 2.38. The van der Waals surface area contributed by atoms with Gasteiger partial charge < -0.3 is 25.3 Å². The molecule has 1 saturated carbocycles. The fourth-order valence-electron chi connectivity index (χ4n) is 7.89. The number of carboxylic acid groups (broad SMARTS) is 1. The van der Waals surface area contributed by atoms with Gasteiger partial charge in [-0.3, -0.25) is 14.7 Å². The number of hydrogen-bond acceptors (Lipinski definition) is 10. The molecule has 2 aliphatic rings. The Morgan fingerprint density at radius 2 is 1.81 bits per heavy atom. The SMILES string of the molecule is Cc1c(Nc2nccc3cc(CN4CC[C@@H](O)C4)cnc23)cccc1-c1cccc(-c2nc3cc(CN[C@H]4CC[C@H](C(=O)O)C4)cc(C#N)c3o2)c1C. The van der Waals surface area contributed by atoms with E-state index in [9.17, 15) is 20.3 Å². The molecule has 0 spiro atoms. The van der Waals surface area contributed by atoms with Gasteiger partial charge in [0.25, 0.3) is 0 Å². The molecule has 4 N–H and O–H groups in total. The Kier molecular flexibility index (Phi) is 9.35. The largest absolute Gasteiger partial charge is 0.481 e. The topological polar surface area (TPSA) is 160 Å². The van der Waals surface area contributed by atoms with Crippen molar-refractivity contribution < 1.29 is 19.4 Å². The number of aliphatic hydroxyl groups excluding tert-OH is 1. The number of nitriles is 1. The first-order valence-corrected chi connectivity index (χ1v) is 18.1. The molecule has 1 aliphatic carbocycles. The first-order chi connectivity index (χ1) is 25.7. The van der Waals surface area contributed by atoms with Crippen LogP contribution in [-0.2, 0) is 17.9 Å². The van der Waals surface area contributed by atoms with E-state index in [1.54, 1.807) is 6.20 Å². The molecule has 3 aromatic heterocycles. The molecular weight excluding hydrogens is 667 g/mol. The van der Waals surface area contributed by atoms with Gasteiger partial charge in [-0.15, -0.1) is 0 Å². The number of carboxylic acids is 1. The van der Waals surface area contributed by atoms with E-state index in [0.717, 1.165) is 81.5 Å². The monoisotopic (exact) mass is 707 g/mol. The van der Waals surface area contributed by atoms with Crippen LogP contribution >= 0.6 is 0 Å². The summed E-state index contributed by atoms with van der Waals surface area (Å²) in [5.74, 6) is 0.0786. The Morgan fingerprint density at radius 3 is 2.58 bits per heavy atom. The van der Waals surface area contributed by atoms with Crippen molar-refractivity contribution in [2.75, 3.05) is 18.4 Å². The van der Waals surface area contributed by atoms with Crippen molar-refractivity contribution >= 4 is 39.5 Å². The molecule has 1 aliphatic heterocycles. The third-order valence-corrected chi connectivity index (χ3v) is 10.8. The van der Waals surface area contributed by atoms with Crippen molar-refractivity contribution in [3.05, 3.63) is 101 Å². The predicted octanol–water partition coefficient (Wildman–Crippen LogP) is 7.25. The molecule has 53 heavy (non-hydrogen) atoms. The van der Waals surface area contributed by atoms with E-state index in [1.165, 1.54) is 0 Å². The Balaban J connectivity index is 1.05. The van der Waals surface area contributed by atoms with Crippen molar-refractivity contribution in [3.63, 3.8) is 0 Å². The number of pyridine rings is 2. The number of oxazole rings is 1. The molecule has 8 rings (SSSR count). The van der Waals surface area contributed by atoms with Crippen LogP contribution < -0.4 is 10.6 Å². The summed E-state index contributed by atoms with van der Waals surface area (Å²) in [6, 6.07) is 22.5. The molecule has 3 atom stereocenters. The van der Waals surface area contributed by atoms with Crippen molar-refractivity contribution in [2.45, 2.75) is 64.8 Å². The molecule has 3 aromatic carbocycles. The van der Waals surface area contributed by atoms with Gasteiger partial charge in [0.15, 0.2) is 11.4 Å². The van der Waals surface area contributed by atoms with E-state index in [4.69, 9.17) is 14.4 Å². The summed E-state index contributed by atoms with van der Waals surface area (Å²) in [6.45, 7) is 6.99. The summed E-state index contributed by atoms with van der Waals surface area (Å²) in [4.78, 5) is 28.0. The summed E-state index contributed by atoms with van der Waals surface area (Å²) < 4.78 is 6.28. The summed E-state index contributed by atoms with van der Waals surface area (Å²) in [6.07, 6.45) is 6.35. The van der Waals surface area contributed by atoms with Crippen LogP contribution in [-0.4, -0.2) is 61.3 Å². The van der Waals surface area contributed by atoms with Crippen molar-refractivity contribution in [2.24, 2.45) is 5.92 Å². The molecular formula is C42H41N7O4. The number of aromatic nitrogens is 3. The van der Waals surface area contributed by atoms with Gasteiger partial charge in [0.2, 0.25) is 5.89 Å². The first kappa shape index (κ1) is 34.4. The number of anilines is 2. The number of carbonyl (C=O) groups is 1. The lowest BCUT2D eigenvalue weighted by molar-refractivity contribution is -0.141. The maximum absolute atomic E-state index is 11.4. The van der Waals surface area contributed by atoms with Gasteiger partial charge in [-0.1, -0.05) is 24.3 Å².